The van der Waals surface area contributed by atoms with Crippen molar-refractivity contribution < 1.29 is 33.4 Å². The van der Waals surface area contributed by atoms with Crippen LogP contribution in [0.4, 0.5) is 4.79 Å². The fourth-order valence-electron chi connectivity index (χ4n) is 1.71. The SMILES string of the molecule is CC(=O)C(=O)c1ccc(C)cc1.COC(=O)CN(CC(C)=O)C(=O)OC. The lowest BCUT2D eigenvalue weighted by Crippen LogP contribution is -2.39. The van der Waals surface area contributed by atoms with Gasteiger partial charge in [0.15, 0.2) is 5.78 Å². The van der Waals surface area contributed by atoms with Crippen LogP contribution < -0.4 is 0 Å². The van der Waals surface area contributed by atoms with Crippen molar-refractivity contribution in [2.75, 3.05) is 27.3 Å². The molecule has 0 heterocycles. The number of Topliss-reactive ketones (excluding diaryl/α,β-unsaturated/α-hetero) is 3. The molecule has 0 saturated heterocycles. The summed E-state index contributed by atoms with van der Waals surface area (Å²) in [6.45, 7) is 4.07. The smallest absolute Gasteiger partial charge is 0.410 e. The van der Waals surface area contributed by atoms with Gasteiger partial charge < -0.3 is 9.47 Å². The maximum Gasteiger partial charge on any atom is 0.410 e. The van der Waals surface area contributed by atoms with Gasteiger partial charge >= 0.3 is 12.1 Å². The third-order valence-electron chi connectivity index (χ3n) is 3.03. The maximum atomic E-state index is 11.1. The Labute approximate surface area is 152 Å². The number of rotatable bonds is 6. The molecular weight excluding hydrogens is 342 g/mol. The van der Waals surface area contributed by atoms with E-state index in [4.69, 9.17) is 0 Å². The first-order valence-electron chi connectivity index (χ1n) is 7.63. The van der Waals surface area contributed by atoms with Gasteiger partial charge in [-0.05, 0) is 13.8 Å². The third-order valence-corrected chi connectivity index (χ3v) is 3.03. The van der Waals surface area contributed by atoms with E-state index in [-0.39, 0.29) is 18.9 Å². The van der Waals surface area contributed by atoms with E-state index < -0.39 is 23.6 Å². The number of methoxy groups -OCH3 is 2. The van der Waals surface area contributed by atoms with Crippen LogP contribution in [0.3, 0.4) is 0 Å². The van der Waals surface area contributed by atoms with E-state index in [0.29, 0.717) is 5.56 Å². The lowest BCUT2D eigenvalue weighted by atomic mass is 10.1. The second-order valence-electron chi connectivity index (χ2n) is 5.36. The van der Waals surface area contributed by atoms with E-state index in [9.17, 15) is 24.0 Å². The molecule has 8 heteroatoms. The Kier molecular flexibility index (Phi) is 10.2. The van der Waals surface area contributed by atoms with E-state index in [0.717, 1.165) is 10.5 Å². The monoisotopic (exact) mass is 365 g/mol. The molecule has 0 fully saturated rings. The van der Waals surface area contributed by atoms with Crippen LogP contribution >= 0.6 is 0 Å². The Hall–Kier alpha value is -3.03. The summed E-state index contributed by atoms with van der Waals surface area (Å²) in [4.78, 5) is 55.4. The summed E-state index contributed by atoms with van der Waals surface area (Å²) in [6, 6.07) is 6.96. The highest BCUT2D eigenvalue weighted by molar-refractivity contribution is 6.42. The number of ether oxygens (including phenoxy) is 2. The van der Waals surface area contributed by atoms with Gasteiger partial charge in [-0.3, -0.25) is 24.1 Å². The molecule has 1 amide bonds. The molecule has 0 aliphatic carbocycles. The predicted octanol–water partition coefficient (Wildman–Crippen LogP) is 1.58. The first-order valence-corrected chi connectivity index (χ1v) is 7.63. The first kappa shape index (κ1) is 23.0. The van der Waals surface area contributed by atoms with Gasteiger partial charge in [0.2, 0.25) is 5.78 Å². The third kappa shape index (κ3) is 8.72. The quantitative estimate of drug-likeness (QED) is 0.428. The molecule has 26 heavy (non-hydrogen) atoms. The summed E-state index contributed by atoms with van der Waals surface area (Å²) in [5.41, 5.74) is 1.54. The molecule has 0 unspecified atom stereocenters. The van der Waals surface area contributed by atoms with E-state index in [1.165, 1.54) is 28.1 Å². The topological polar surface area (TPSA) is 107 Å². The molecule has 0 radical (unpaired) electrons. The highest BCUT2D eigenvalue weighted by atomic mass is 16.5. The van der Waals surface area contributed by atoms with Crippen molar-refractivity contribution in [2.45, 2.75) is 20.8 Å². The van der Waals surface area contributed by atoms with Crippen molar-refractivity contribution in [1.29, 1.82) is 0 Å². The number of hydrogen-bond donors (Lipinski definition) is 0. The molecule has 1 aromatic rings. The average Bonchev–Trinajstić information content (AvgIpc) is 2.60. The number of carbonyl (C=O) groups is 5. The van der Waals surface area contributed by atoms with Crippen LogP contribution in [0.5, 0.6) is 0 Å². The Balaban J connectivity index is 0.000000485. The van der Waals surface area contributed by atoms with Crippen molar-refractivity contribution in [2.24, 2.45) is 0 Å². The molecule has 0 aliphatic rings. The van der Waals surface area contributed by atoms with E-state index in [1.54, 1.807) is 12.1 Å². The minimum atomic E-state index is -0.731. The summed E-state index contributed by atoms with van der Waals surface area (Å²) in [7, 11) is 2.37. The zero-order valence-electron chi connectivity index (χ0n) is 15.5. The van der Waals surface area contributed by atoms with Crippen molar-refractivity contribution in [3.8, 4) is 0 Å². The van der Waals surface area contributed by atoms with Crippen molar-refractivity contribution >= 4 is 29.4 Å². The van der Waals surface area contributed by atoms with E-state index in [2.05, 4.69) is 9.47 Å². The first-order chi connectivity index (χ1) is 12.1. The minimum Gasteiger partial charge on any atom is -0.468 e. The van der Waals surface area contributed by atoms with E-state index >= 15 is 0 Å². The number of benzene rings is 1. The second-order valence-corrected chi connectivity index (χ2v) is 5.36. The average molecular weight is 365 g/mol. The second kappa shape index (κ2) is 11.5. The predicted molar refractivity (Wildman–Crippen MR) is 92.9 cm³/mol. The summed E-state index contributed by atoms with van der Waals surface area (Å²) in [5.74, 6) is -1.68. The normalized spacial score (nSPS) is 9.27. The number of ketones is 3. The Bertz CT molecular complexity index is 665. The standard InChI is InChI=1S/C10H10O2.C8H13NO5/c1-7-3-5-9(6-4-7)10(12)8(2)11;1-6(10)4-9(8(12)14-3)5-7(11)13-2/h3-6H,1-2H3;4-5H2,1-3H3. The van der Waals surface area contributed by atoms with Crippen LogP contribution in [0.2, 0.25) is 0 Å². The van der Waals surface area contributed by atoms with Crippen molar-refractivity contribution in [1.82, 2.24) is 4.90 Å². The molecule has 1 aromatic carbocycles. The molecule has 0 N–H and O–H groups in total. The minimum absolute atomic E-state index is 0.165. The highest BCUT2D eigenvalue weighted by Gasteiger charge is 2.19. The summed E-state index contributed by atoms with van der Waals surface area (Å²) in [5, 5.41) is 0. The largest absolute Gasteiger partial charge is 0.468 e. The van der Waals surface area contributed by atoms with Crippen LogP contribution in [-0.4, -0.2) is 61.6 Å². The van der Waals surface area contributed by atoms with Gasteiger partial charge in [0.25, 0.3) is 0 Å². The van der Waals surface area contributed by atoms with Crippen LogP contribution in [0.15, 0.2) is 24.3 Å². The molecule has 0 bridgehead atoms. The molecule has 0 atom stereocenters. The zero-order chi connectivity index (χ0) is 20.3. The van der Waals surface area contributed by atoms with E-state index in [1.807, 2.05) is 19.1 Å². The number of aryl methyl sites for hydroxylation is 1. The van der Waals surface area contributed by atoms with Crippen LogP contribution in [0.25, 0.3) is 0 Å². The Morgan fingerprint density at radius 3 is 1.81 bits per heavy atom. The maximum absolute atomic E-state index is 11.1. The summed E-state index contributed by atoms with van der Waals surface area (Å²) in [6.07, 6.45) is -0.731. The molecule has 8 nitrogen and oxygen atoms in total. The van der Waals surface area contributed by atoms with Gasteiger partial charge in [-0.15, -0.1) is 0 Å². The number of carbonyl (C=O) groups excluding carboxylic acids is 5. The molecule has 0 saturated carbocycles. The van der Waals surface area contributed by atoms with Crippen molar-refractivity contribution in [3.05, 3.63) is 35.4 Å². The Morgan fingerprint density at radius 2 is 1.42 bits per heavy atom. The molecule has 0 aromatic heterocycles. The molecule has 1 rings (SSSR count). The molecule has 0 aliphatic heterocycles. The summed E-state index contributed by atoms with van der Waals surface area (Å²) >= 11 is 0. The lowest BCUT2D eigenvalue weighted by Gasteiger charge is -2.17. The fourth-order valence-corrected chi connectivity index (χ4v) is 1.71. The molecule has 142 valence electrons. The van der Waals surface area contributed by atoms with Crippen LogP contribution in [-0.2, 0) is 23.9 Å². The highest BCUT2D eigenvalue weighted by Crippen LogP contribution is 2.04. The van der Waals surface area contributed by atoms with Crippen LogP contribution in [0.1, 0.15) is 29.8 Å². The molecule has 0 spiro atoms. The van der Waals surface area contributed by atoms with Crippen molar-refractivity contribution in [3.63, 3.8) is 0 Å². The number of amides is 1. The molecular formula is C18H23NO7. The van der Waals surface area contributed by atoms with Crippen LogP contribution in [0, 0.1) is 6.92 Å². The summed E-state index contributed by atoms with van der Waals surface area (Å²) < 4.78 is 8.74. The van der Waals surface area contributed by atoms with Gasteiger partial charge in [-0.1, -0.05) is 29.8 Å². The lowest BCUT2D eigenvalue weighted by molar-refractivity contribution is -0.141. The van der Waals surface area contributed by atoms with Gasteiger partial charge in [-0.2, -0.15) is 0 Å². The van der Waals surface area contributed by atoms with Gasteiger partial charge in [-0.25, -0.2) is 4.79 Å². The Morgan fingerprint density at radius 1 is 0.885 bits per heavy atom. The van der Waals surface area contributed by atoms with Gasteiger partial charge in [0.05, 0.1) is 20.8 Å². The zero-order valence-corrected chi connectivity index (χ0v) is 15.5. The van der Waals surface area contributed by atoms with Gasteiger partial charge in [0, 0.05) is 12.5 Å². The van der Waals surface area contributed by atoms with Gasteiger partial charge in [0.1, 0.15) is 12.3 Å². The number of hydrogen-bond acceptors (Lipinski definition) is 7. The number of nitrogens with zero attached hydrogens (tertiary/aromatic N) is 1. The fraction of sp³-hybridized carbons (Fsp3) is 0.389. The number of esters is 1.